The van der Waals surface area contributed by atoms with Gasteiger partial charge in [0.2, 0.25) is 0 Å². The van der Waals surface area contributed by atoms with Crippen molar-refractivity contribution in [1.29, 1.82) is 5.41 Å². The Balaban J connectivity index is 2.28. The molecule has 2 amide bonds. The summed E-state index contributed by atoms with van der Waals surface area (Å²) in [7, 11) is 1.68. The number of carbonyl (C=O) groups is 1. The van der Waals surface area contributed by atoms with Gasteiger partial charge in [-0.25, -0.2) is 4.79 Å². The van der Waals surface area contributed by atoms with Crippen molar-refractivity contribution in [2.75, 3.05) is 7.05 Å². The number of carbonyl (C=O) groups excluding carboxylic acids is 1. The summed E-state index contributed by atoms with van der Waals surface area (Å²) in [5, 5.41) is 10.3. The molecular formula is C13H17N3O2. The van der Waals surface area contributed by atoms with E-state index in [4.69, 9.17) is 10.1 Å². The zero-order valence-electron chi connectivity index (χ0n) is 10.7. The molecule has 0 aromatic heterocycles. The number of amides is 2. The van der Waals surface area contributed by atoms with Crippen LogP contribution in [0.25, 0.3) is 0 Å². The molecule has 1 aliphatic heterocycles. The van der Waals surface area contributed by atoms with Crippen molar-refractivity contribution in [3.8, 4) is 5.75 Å². The van der Waals surface area contributed by atoms with E-state index in [1.54, 1.807) is 7.05 Å². The van der Waals surface area contributed by atoms with Crippen LogP contribution in [0.2, 0.25) is 0 Å². The maximum atomic E-state index is 11.5. The largest absolute Gasteiger partial charge is 0.491 e. The van der Waals surface area contributed by atoms with Crippen LogP contribution in [-0.2, 0) is 0 Å². The Kier molecular flexibility index (Phi) is 3.23. The molecule has 1 heterocycles. The molecule has 5 nitrogen and oxygen atoms in total. The quantitative estimate of drug-likeness (QED) is 0.859. The highest BCUT2D eigenvalue weighted by Crippen LogP contribution is 2.27. The first kappa shape index (κ1) is 12.4. The average Bonchev–Trinajstić information content (AvgIpc) is 2.52. The lowest BCUT2D eigenvalue weighted by atomic mass is 10.1. The van der Waals surface area contributed by atoms with E-state index in [-0.39, 0.29) is 24.0 Å². The lowest BCUT2D eigenvalue weighted by molar-refractivity contribution is 0.217. The van der Waals surface area contributed by atoms with Crippen LogP contribution in [0.4, 0.5) is 4.79 Å². The molecule has 0 bridgehead atoms. The van der Waals surface area contributed by atoms with Crippen LogP contribution in [0.5, 0.6) is 5.75 Å². The molecule has 0 saturated carbocycles. The van der Waals surface area contributed by atoms with E-state index in [2.05, 4.69) is 5.32 Å². The number of urea groups is 1. The van der Waals surface area contributed by atoms with E-state index in [1.165, 1.54) is 4.90 Å². The van der Waals surface area contributed by atoms with E-state index in [9.17, 15) is 4.79 Å². The van der Waals surface area contributed by atoms with Gasteiger partial charge in [-0.15, -0.1) is 0 Å². The number of amidine groups is 1. The third-order valence-electron chi connectivity index (χ3n) is 2.77. The second-order valence-electron chi connectivity index (χ2n) is 4.60. The van der Waals surface area contributed by atoms with Crippen molar-refractivity contribution in [2.45, 2.75) is 26.0 Å². The summed E-state index contributed by atoms with van der Waals surface area (Å²) in [4.78, 5) is 13.0. The number of hydrogen-bond acceptors (Lipinski definition) is 3. The van der Waals surface area contributed by atoms with Gasteiger partial charge in [-0.05, 0) is 31.5 Å². The fourth-order valence-corrected chi connectivity index (χ4v) is 2.00. The highest BCUT2D eigenvalue weighted by molar-refractivity contribution is 6.05. The molecule has 1 aromatic rings. The van der Waals surface area contributed by atoms with Gasteiger partial charge < -0.3 is 9.64 Å². The zero-order chi connectivity index (χ0) is 13.3. The van der Waals surface area contributed by atoms with Crippen LogP contribution in [0.15, 0.2) is 24.3 Å². The van der Waals surface area contributed by atoms with Gasteiger partial charge >= 0.3 is 6.03 Å². The van der Waals surface area contributed by atoms with E-state index < -0.39 is 0 Å². The van der Waals surface area contributed by atoms with Crippen LogP contribution in [-0.4, -0.2) is 29.9 Å². The Bertz CT molecular complexity index is 485. The highest BCUT2D eigenvalue weighted by atomic mass is 16.5. The Labute approximate surface area is 106 Å². The molecule has 0 radical (unpaired) electrons. The lowest BCUT2D eigenvalue weighted by Gasteiger charge is -2.19. The molecule has 0 aliphatic carbocycles. The molecule has 2 rings (SSSR count). The fraction of sp³-hybridized carbons (Fsp3) is 0.385. The number of likely N-dealkylation sites (N-methyl/N-ethyl adjacent to an activating group) is 1. The molecule has 1 fully saturated rings. The maximum absolute atomic E-state index is 11.5. The van der Waals surface area contributed by atoms with Gasteiger partial charge in [-0.1, -0.05) is 12.1 Å². The van der Waals surface area contributed by atoms with E-state index >= 15 is 0 Å². The van der Waals surface area contributed by atoms with Gasteiger partial charge in [0, 0.05) is 7.05 Å². The van der Waals surface area contributed by atoms with E-state index in [0.29, 0.717) is 0 Å². The molecule has 1 aromatic carbocycles. The molecule has 1 saturated heterocycles. The third kappa shape index (κ3) is 2.30. The highest BCUT2D eigenvalue weighted by Gasteiger charge is 2.33. The molecule has 2 N–H and O–H groups in total. The summed E-state index contributed by atoms with van der Waals surface area (Å²) in [6.07, 6.45) is 0.0979. The van der Waals surface area contributed by atoms with Gasteiger partial charge in [0.25, 0.3) is 0 Å². The standard InChI is InChI=1S/C13H17N3O2/c1-8(2)18-10-6-4-5-9(7-10)11-12(14)15-13(17)16(11)3/h4-8,11H,1-3H3,(H2,14,15,17). The Morgan fingerprint density at radius 1 is 1.44 bits per heavy atom. The summed E-state index contributed by atoms with van der Waals surface area (Å²) in [6, 6.07) is 6.90. The Morgan fingerprint density at radius 2 is 2.17 bits per heavy atom. The fourth-order valence-electron chi connectivity index (χ4n) is 2.00. The third-order valence-corrected chi connectivity index (χ3v) is 2.77. The van der Waals surface area contributed by atoms with Crippen molar-refractivity contribution >= 4 is 11.9 Å². The molecule has 0 spiro atoms. The normalized spacial score (nSPS) is 19.3. The van der Waals surface area contributed by atoms with Crippen molar-refractivity contribution in [1.82, 2.24) is 10.2 Å². The molecule has 5 heteroatoms. The first-order valence-electron chi connectivity index (χ1n) is 5.88. The molecule has 96 valence electrons. The minimum absolute atomic E-state index is 0.0979. The van der Waals surface area contributed by atoms with Crippen molar-refractivity contribution < 1.29 is 9.53 Å². The number of nitrogens with one attached hydrogen (secondary N) is 2. The summed E-state index contributed by atoms with van der Waals surface area (Å²) in [5.74, 6) is 0.951. The maximum Gasteiger partial charge on any atom is 0.323 e. The monoisotopic (exact) mass is 247 g/mol. The molecular weight excluding hydrogens is 230 g/mol. The van der Waals surface area contributed by atoms with Gasteiger partial charge in [-0.2, -0.15) is 0 Å². The summed E-state index contributed by atoms with van der Waals surface area (Å²) in [5.41, 5.74) is 0.874. The van der Waals surface area contributed by atoms with Crippen LogP contribution in [0.1, 0.15) is 25.5 Å². The summed E-state index contributed by atoms with van der Waals surface area (Å²) >= 11 is 0. The SMILES string of the molecule is CC(C)Oc1cccc(C2C(=N)NC(=O)N2C)c1. The molecule has 18 heavy (non-hydrogen) atoms. The number of rotatable bonds is 3. The van der Waals surface area contributed by atoms with Gasteiger partial charge in [0.05, 0.1) is 6.10 Å². The van der Waals surface area contributed by atoms with Crippen molar-refractivity contribution in [3.63, 3.8) is 0 Å². The smallest absolute Gasteiger partial charge is 0.323 e. The minimum atomic E-state index is -0.354. The molecule has 1 aliphatic rings. The lowest BCUT2D eigenvalue weighted by Crippen LogP contribution is -2.25. The second kappa shape index (κ2) is 4.68. The Hall–Kier alpha value is -2.04. The predicted molar refractivity (Wildman–Crippen MR) is 69.0 cm³/mol. The number of hydrogen-bond donors (Lipinski definition) is 2. The summed E-state index contributed by atoms with van der Waals surface area (Å²) in [6.45, 7) is 3.92. The van der Waals surface area contributed by atoms with Crippen LogP contribution >= 0.6 is 0 Å². The van der Waals surface area contributed by atoms with Crippen LogP contribution in [0, 0.1) is 5.41 Å². The van der Waals surface area contributed by atoms with Crippen molar-refractivity contribution in [3.05, 3.63) is 29.8 Å². The van der Waals surface area contributed by atoms with Gasteiger partial charge in [0.1, 0.15) is 17.6 Å². The van der Waals surface area contributed by atoms with Crippen molar-refractivity contribution in [2.24, 2.45) is 0 Å². The summed E-state index contributed by atoms with van der Waals surface area (Å²) < 4.78 is 5.62. The van der Waals surface area contributed by atoms with Gasteiger partial charge in [-0.3, -0.25) is 10.7 Å². The number of benzene rings is 1. The van der Waals surface area contributed by atoms with Gasteiger partial charge in [0.15, 0.2) is 0 Å². The predicted octanol–water partition coefficient (Wildman–Crippen LogP) is 2.15. The first-order valence-corrected chi connectivity index (χ1v) is 5.88. The minimum Gasteiger partial charge on any atom is -0.491 e. The van der Waals surface area contributed by atoms with Crippen LogP contribution in [0.3, 0.4) is 0 Å². The topological polar surface area (TPSA) is 65.4 Å². The molecule has 1 unspecified atom stereocenters. The zero-order valence-corrected chi connectivity index (χ0v) is 10.7. The first-order chi connectivity index (χ1) is 8.49. The van der Waals surface area contributed by atoms with E-state index in [1.807, 2.05) is 38.1 Å². The van der Waals surface area contributed by atoms with E-state index in [0.717, 1.165) is 11.3 Å². The second-order valence-corrected chi connectivity index (χ2v) is 4.60. The van der Waals surface area contributed by atoms with Crippen LogP contribution < -0.4 is 10.1 Å². The molecule has 1 atom stereocenters. The number of ether oxygens (including phenoxy) is 1. The Morgan fingerprint density at radius 3 is 2.72 bits per heavy atom. The average molecular weight is 247 g/mol. The number of nitrogens with zero attached hydrogens (tertiary/aromatic N) is 1.